The molecule has 0 N–H and O–H groups in total. The lowest BCUT2D eigenvalue weighted by molar-refractivity contribution is 0.0785. The van der Waals surface area contributed by atoms with Crippen LogP contribution in [-0.4, -0.2) is 37.6 Å². The molecule has 25 heavy (non-hydrogen) atoms. The van der Waals surface area contributed by atoms with Gasteiger partial charge in [-0.2, -0.15) is 0 Å². The van der Waals surface area contributed by atoms with Gasteiger partial charge >= 0.3 is 0 Å². The third kappa shape index (κ3) is 4.53. The Hall–Kier alpha value is -2.49. The molecular formula is C21H25NO3. The van der Waals surface area contributed by atoms with Crippen LogP contribution >= 0.6 is 0 Å². The maximum absolute atomic E-state index is 12.6. The number of likely N-dealkylation sites (tertiary alicyclic amines) is 1. The van der Waals surface area contributed by atoms with Crippen LogP contribution in [0.3, 0.4) is 0 Å². The standard InChI is InChI=1S/C21H25NO3/c1-16-3-7-20(8-4-16)25-14-12-17-11-13-22(15-17)21(23)18-5-9-19(24-2)10-6-18/h3-10,17H,11-15H2,1-2H3. The fraction of sp³-hybridized carbons (Fsp3) is 0.381. The van der Waals surface area contributed by atoms with E-state index in [0.717, 1.165) is 43.0 Å². The van der Waals surface area contributed by atoms with Crippen LogP contribution < -0.4 is 9.47 Å². The maximum Gasteiger partial charge on any atom is 0.253 e. The Bertz CT molecular complexity index is 694. The van der Waals surface area contributed by atoms with E-state index in [4.69, 9.17) is 9.47 Å². The van der Waals surface area contributed by atoms with Gasteiger partial charge < -0.3 is 14.4 Å². The second-order valence-electron chi connectivity index (χ2n) is 6.58. The predicted octanol–water partition coefficient (Wildman–Crippen LogP) is 3.93. The lowest BCUT2D eigenvalue weighted by Crippen LogP contribution is -2.28. The third-order valence-electron chi connectivity index (χ3n) is 4.73. The molecule has 0 radical (unpaired) electrons. The van der Waals surface area contributed by atoms with Gasteiger partial charge in [0.05, 0.1) is 13.7 Å². The van der Waals surface area contributed by atoms with E-state index in [1.54, 1.807) is 7.11 Å². The number of nitrogens with zero attached hydrogens (tertiary/aromatic N) is 1. The molecule has 1 unspecified atom stereocenters. The zero-order valence-electron chi connectivity index (χ0n) is 14.9. The molecule has 1 amide bonds. The molecule has 0 aliphatic carbocycles. The molecule has 0 spiro atoms. The first kappa shape index (κ1) is 17.3. The lowest BCUT2D eigenvalue weighted by atomic mass is 10.1. The normalized spacial score (nSPS) is 16.7. The van der Waals surface area contributed by atoms with Gasteiger partial charge in [-0.15, -0.1) is 0 Å². The van der Waals surface area contributed by atoms with Gasteiger partial charge in [-0.3, -0.25) is 4.79 Å². The highest BCUT2D eigenvalue weighted by Crippen LogP contribution is 2.23. The molecule has 1 aliphatic rings. The van der Waals surface area contributed by atoms with Crippen molar-refractivity contribution in [2.75, 3.05) is 26.8 Å². The number of carbonyl (C=O) groups excluding carboxylic acids is 1. The molecule has 4 nitrogen and oxygen atoms in total. The average Bonchev–Trinajstić information content (AvgIpc) is 3.12. The van der Waals surface area contributed by atoms with Crippen LogP contribution in [0.4, 0.5) is 0 Å². The molecule has 1 atom stereocenters. The van der Waals surface area contributed by atoms with Gasteiger partial charge in [-0.25, -0.2) is 0 Å². The van der Waals surface area contributed by atoms with Crippen LogP contribution in [0.15, 0.2) is 48.5 Å². The number of ether oxygens (including phenoxy) is 2. The summed E-state index contributed by atoms with van der Waals surface area (Å²) in [5.41, 5.74) is 1.95. The summed E-state index contributed by atoms with van der Waals surface area (Å²) in [6.07, 6.45) is 2.01. The van der Waals surface area contributed by atoms with Crippen molar-refractivity contribution in [3.8, 4) is 11.5 Å². The Morgan fingerprint density at radius 3 is 2.44 bits per heavy atom. The Balaban J connectivity index is 1.46. The largest absolute Gasteiger partial charge is 0.497 e. The van der Waals surface area contributed by atoms with Crippen molar-refractivity contribution in [3.05, 3.63) is 59.7 Å². The molecule has 0 aromatic heterocycles. The van der Waals surface area contributed by atoms with Gasteiger partial charge in [0, 0.05) is 18.7 Å². The van der Waals surface area contributed by atoms with E-state index in [9.17, 15) is 4.79 Å². The summed E-state index contributed by atoms with van der Waals surface area (Å²) in [6.45, 7) is 4.39. The van der Waals surface area contributed by atoms with E-state index >= 15 is 0 Å². The van der Waals surface area contributed by atoms with E-state index in [0.29, 0.717) is 12.5 Å². The van der Waals surface area contributed by atoms with Crippen LogP contribution in [0.1, 0.15) is 28.8 Å². The molecular weight excluding hydrogens is 314 g/mol. The summed E-state index contributed by atoms with van der Waals surface area (Å²) >= 11 is 0. The molecule has 0 saturated carbocycles. The molecule has 4 heteroatoms. The molecule has 1 saturated heterocycles. The maximum atomic E-state index is 12.6. The zero-order valence-corrected chi connectivity index (χ0v) is 14.9. The van der Waals surface area contributed by atoms with Gasteiger partial charge in [0.25, 0.3) is 5.91 Å². The molecule has 3 rings (SSSR count). The fourth-order valence-corrected chi connectivity index (χ4v) is 3.15. The summed E-state index contributed by atoms with van der Waals surface area (Å²) < 4.78 is 11.0. The van der Waals surface area contributed by atoms with E-state index in [-0.39, 0.29) is 5.91 Å². The van der Waals surface area contributed by atoms with Gasteiger partial charge in [0.2, 0.25) is 0 Å². The van der Waals surface area contributed by atoms with Crippen molar-refractivity contribution in [1.29, 1.82) is 0 Å². The number of methoxy groups -OCH3 is 1. The number of hydrogen-bond acceptors (Lipinski definition) is 3. The van der Waals surface area contributed by atoms with Crippen molar-refractivity contribution in [3.63, 3.8) is 0 Å². The van der Waals surface area contributed by atoms with Crippen molar-refractivity contribution < 1.29 is 14.3 Å². The average molecular weight is 339 g/mol. The van der Waals surface area contributed by atoms with Crippen molar-refractivity contribution in [2.24, 2.45) is 5.92 Å². The van der Waals surface area contributed by atoms with Crippen LogP contribution in [0.2, 0.25) is 0 Å². The third-order valence-corrected chi connectivity index (χ3v) is 4.73. The second-order valence-corrected chi connectivity index (χ2v) is 6.58. The summed E-state index contributed by atoms with van der Waals surface area (Å²) in [7, 11) is 1.63. The molecule has 1 heterocycles. The molecule has 1 aliphatic heterocycles. The number of aryl methyl sites for hydroxylation is 1. The van der Waals surface area contributed by atoms with E-state index in [1.165, 1.54) is 5.56 Å². The van der Waals surface area contributed by atoms with E-state index in [2.05, 4.69) is 19.1 Å². The first-order valence-corrected chi connectivity index (χ1v) is 8.78. The van der Waals surface area contributed by atoms with Gasteiger partial charge in [-0.05, 0) is 62.1 Å². The summed E-state index contributed by atoms with van der Waals surface area (Å²) in [5.74, 6) is 2.29. The van der Waals surface area contributed by atoms with Crippen LogP contribution in [0, 0.1) is 12.8 Å². The van der Waals surface area contributed by atoms with Crippen molar-refractivity contribution >= 4 is 5.91 Å². The Labute approximate surface area is 149 Å². The van der Waals surface area contributed by atoms with Gasteiger partial charge in [0.1, 0.15) is 11.5 Å². The number of hydrogen-bond donors (Lipinski definition) is 0. The minimum Gasteiger partial charge on any atom is -0.497 e. The topological polar surface area (TPSA) is 38.8 Å². The van der Waals surface area contributed by atoms with Crippen LogP contribution in [0.25, 0.3) is 0 Å². The molecule has 2 aromatic rings. The number of carbonyl (C=O) groups is 1. The first-order chi connectivity index (χ1) is 12.2. The Morgan fingerprint density at radius 1 is 1.08 bits per heavy atom. The minimum absolute atomic E-state index is 0.101. The van der Waals surface area contributed by atoms with Crippen molar-refractivity contribution in [2.45, 2.75) is 19.8 Å². The molecule has 1 fully saturated rings. The fourth-order valence-electron chi connectivity index (χ4n) is 3.15. The van der Waals surface area contributed by atoms with E-state index in [1.807, 2.05) is 41.3 Å². The number of amides is 1. The number of rotatable bonds is 6. The summed E-state index contributed by atoms with van der Waals surface area (Å²) in [4.78, 5) is 14.5. The Morgan fingerprint density at radius 2 is 1.76 bits per heavy atom. The van der Waals surface area contributed by atoms with E-state index < -0.39 is 0 Å². The van der Waals surface area contributed by atoms with Crippen LogP contribution in [0.5, 0.6) is 11.5 Å². The van der Waals surface area contributed by atoms with Gasteiger partial charge in [0.15, 0.2) is 0 Å². The highest BCUT2D eigenvalue weighted by atomic mass is 16.5. The first-order valence-electron chi connectivity index (χ1n) is 8.78. The number of benzene rings is 2. The second kappa shape index (κ2) is 8.06. The highest BCUT2D eigenvalue weighted by molar-refractivity contribution is 5.94. The quantitative estimate of drug-likeness (QED) is 0.800. The molecule has 2 aromatic carbocycles. The Kier molecular flexibility index (Phi) is 5.59. The minimum atomic E-state index is 0.101. The van der Waals surface area contributed by atoms with Crippen LogP contribution in [-0.2, 0) is 0 Å². The lowest BCUT2D eigenvalue weighted by Gasteiger charge is -2.17. The zero-order chi connectivity index (χ0) is 17.6. The SMILES string of the molecule is COc1ccc(C(=O)N2CCC(CCOc3ccc(C)cc3)C2)cc1. The monoisotopic (exact) mass is 339 g/mol. The molecule has 132 valence electrons. The predicted molar refractivity (Wildman–Crippen MR) is 98.3 cm³/mol. The highest BCUT2D eigenvalue weighted by Gasteiger charge is 2.26. The van der Waals surface area contributed by atoms with Gasteiger partial charge in [-0.1, -0.05) is 17.7 Å². The summed E-state index contributed by atoms with van der Waals surface area (Å²) in [6, 6.07) is 15.4. The van der Waals surface area contributed by atoms with Crippen molar-refractivity contribution in [1.82, 2.24) is 4.90 Å². The smallest absolute Gasteiger partial charge is 0.253 e. The molecule has 0 bridgehead atoms. The summed E-state index contributed by atoms with van der Waals surface area (Å²) in [5, 5.41) is 0.